The van der Waals surface area contributed by atoms with E-state index in [1.165, 1.54) is 0 Å². The van der Waals surface area contributed by atoms with Crippen LogP contribution in [0.25, 0.3) is 5.57 Å². The first-order valence-corrected chi connectivity index (χ1v) is 7.51. The molecule has 2 aromatic rings. The lowest BCUT2D eigenvalue weighted by Gasteiger charge is -2.17. The molecule has 1 aliphatic rings. The number of hydrogen-bond acceptors (Lipinski definition) is 4. The normalized spacial score (nSPS) is 21.9. The molecule has 0 spiro atoms. The number of aromatic amines is 1. The van der Waals surface area contributed by atoms with E-state index in [-0.39, 0.29) is 0 Å². The van der Waals surface area contributed by atoms with Gasteiger partial charge in [-0.25, -0.2) is 0 Å². The van der Waals surface area contributed by atoms with E-state index >= 15 is 0 Å². The predicted molar refractivity (Wildman–Crippen MR) is 85.3 cm³/mol. The lowest BCUT2D eigenvalue weighted by molar-refractivity contribution is 0.356. The second kappa shape index (κ2) is 5.98. The van der Waals surface area contributed by atoms with Gasteiger partial charge in [0, 0.05) is 41.7 Å². The van der Waals surface area contributed by atoms with Gasteiger partial charge in [0.1, 0.15) is 5.82 Å². The highest BCUT2D eigenvalue weighted by molar-refractivity contribution is 5.83. The summed E-state index contributed by atoms with van der Waals surface area (Å²) >= 11 is 0. The summed E-state index contributed by atoms with van der Waals surface area (Å²) in [5.41, 5.74) is 14.4. The van der Waals surface area contributed by atoms with Gasteiger partial charge in [-0.2, -0.15) is 10.4 Å². The van der Waals surface area contributed by atoms with Crippen molar-refractivity contribution in [2.45, 2.75) is 31.7 Å². The highest BCUT2D eigenvalue weighted by Crippen LogP contribution is 2.38. The fourth-order valence-electron chi connectivity index (χ4n) is 3.34. The van der Waals surface area contributed by atoms with Crippen molar-refractivity contribution in [3.8, 4) is 6.07 Å². The fourth-order valence-corrected chi connectivity index (χ4v) is 3.34. The number of rotatable bonds is 4. The van der Waals surface area contributed by atoms with Gasteiger partial charge in [-0.1, -0.05) is 6.42 Å². The number of nitriles is 1. The van der Waals surface area contributed by atoms with Crippen molar-refractivity contribution in [2.75, 3.05) is 5.73 Å². The van der Waals surface area contributed by atoms with Crippen LogP contribution in [0.4, 0.5) is 5.82 Å². The van der Waals surface area contributed by atoms with E-state index < -0.39 is 0 Å². The smallest absolute Gasteiger partial charge is 0.108 e. The lowest BCUT2D eigenvalue weighted by atomic mass is 10.0. The minimum Gasteiger partial charge on any atom is -0.404 e. The van der Waals surface area contributed by atoms with Gasteiger partial charge in [0.05, 0.1) is 18.3 Å². The third kappa shape index (κ3) is 2.46. The fraction of sp³-hybridized carbons (Fsp3) is 0.375. The van der Waals surface area contributed by atoms with Gasteiger partial charge in [-0.05, 0) is 24.8 Å². The Hall–Kier alpha value is -2.68. The molecular formula is C16H20N6. The zero-order chi connectivity index (χ0) is 15.5. The maximum absolute atomic E-state index is 8.96. The van der Waals surface area contributed by atoms with Crippen molar-refractivity contribution in [3.63, 3.8) is 0 Å². The largest absolute Gasteiger partial charge is 0.404 e. The Morgan fingerprint density at radius 3 is 3.09 bits per heavy atom. The van der Waals surface area contributed by atoms with Crippen molar-refractivity contribution in [3.05, 3.63) is 42.0 Å². The second-order valence-electron chi connectivity index (χ2n) is 5.71. The van der Waals surface area contributed by atoms with Crippen LogP contribution in [0.15, 0.2) is 30.9 Å². The molecule has 1 aliphatic carbocycles. The molecule has 2 heterocycles. The Balaban J connectivity index is 1.88. The quantitative estimate of drug-likeness (QED) is 0.804. The number of H-pyrrole nitrogens is 1. The molecule has 0 amide bonds. The number of anilines is 1. The van der Waals surface area contributed by atoms with E-state index in [4.69, 9.17) is 16.7 Å². The van der Waals surface area contributed by atoms with Gasteiger partial charge in [-0.15, -0.1) is 0 Å². The Morgan fingerprint density at radius 1 is 1.55 bits per heavy atom. The zero-order valence-corrected chi connectivity index (χ0v) is 12.4. The van der Waals surface area contributed by atoms with Crippen molar-refractivity contribution in [1.82, 2.24) is 14.8 Å². The van der Waals surface area contributed by atoms with Gasteiger partial charge < -0.3 is 16.5 Å². The van der Waals surface area contributed by atoms with Crippen LogP contribution < -0.4 is 11.5 Å². The minimum atomic E-state index is 0.302. The molecule has 0 saturated heterocycles. The van der Waals surface area contributed by atoms with E-state index in [9.17, 15) is 0 Å². The standard InChI is InChI=1S/C16H20N6/c17-6-4-11-2-1-3-15(11)22-10-12(9-21-22)14(8-18)13-5-7-20-16(13)19/h5,7-11,15,20H,1-4,18-19H2/b14-8-. The molecule has 0 bridgehead atoms. The highest BCUT2D eigenvalue weighted by atomic mass is 15.3. The summed E-state index contributed by atoms with van der Waals surface area (Å²) in [4.78, 5) is 2.96. The zero-order valence-electron chi connectivity index (χ0n) is 12.4. The first-order valence-electron chi connectivity index (χ1n) is 7.51. The molecule has 2 unspecified atom stereocenters. The summed E-state index contributed by atoms with van der Waals surface area (Å²) in [6, 6.07) is 4.49. The maximum atomic E-state index is 8.96. The molecule has 6 heteroatoms. The molecule has 1 fully saturated rings. The molecule has 5 N–H and O–H groups in total. The molecule has 3 rings (SSSR count). The summed E-state index contributed by atoms with van der Waals surface area (Å²) in [5.74, 6) is 0.980. The summed E-state index contributed by atoms with van der Waals surface area (Å²) in [6.07, 6.45) is 11.1. The first-order chi connectivity index (χ1) is 10.7. The third-order valence-corrected chi connectivity index (χ3v) is 4.46. The van der Waals surface area contributed by atoms with Crippen LogP contribution in [0.2, 0.25) is 0 Å². The van der Waals surface area contributed by atoms with Crippen LogP contribution in [0, 0.1) is 17.2 Å². The number of hydrogen-bond donors (Lipinski definition) is 3. The average Bonchev–Trinajstić information content (AvgIpc) is 3.22. The summed E-state index contributed by atoms with van der Waals surface area (Å²) < 4.78 is 1.98. The van der Waals surface area contributed by atoms with Crippen LogP contribution in [-0.2, 0) is 0 Å². The van der Waals surface area contributed by atoms with Crippen molar-refractivity contribution in [2.24, 2.45) is 11.7 Å². The minimum absolute atomic E-state index is 0.302. The molecule has 0 aromatic carbocycles. The molecule has 0 radical (unpaired) electrons. The van der Waals surface area contributed by atoms with Crippen LogP contribution in [-0.4, -0.2) is 14.8 Å². The molecule has 2 atom stereocenters. The third-order valence-electron chi connectivity index (χ3n) is 4.46. The van der Waals surface area contributed by atoms with Crippen LogP contribution in [0.3, 0.4) is 0 Å². The average molecular weight is 296 g/mol. The van der Waals surface area contributed by atoms with E-state index in [1.807, 2.05) is 23.1 Å². The van der Waals surface area contributed by atoms with Crippen molar-refractivity contribution >= 4 is 11.4 Å². The highest BCUT2D eigenvalue weighted by Gasteiger charge is 2.29. The summed E-state index contributed by atoms with van der Waals surface area (Å²) in [6.45, 7) is 0. The van der Waals surface area contributed by atoms with Crippen LogP contribution >= 0.6 is 0 Å². The summed E-state index contributed by atoms with van der Waals surface area (Å²) in [7, 11) is 0. The van der Waals surface area contributed by atoms with E-state index in [1.54, 1.807) is 12.4 Å². The van der Waals surface area contributed by atoms with Gasteiger partial charge in [0.2, 0.25) is 0 Å². The molecule has 114 valence electrons. The first kappa shape index (κ1) is 14.3. The lowest BCUT2D eigenvalue weighted by Crippen LogP contribution is -2.14. The van der Waals surface area contributed by atoms with Crippen LogP contribution in [0.5, 0.6) is 0 Å². The van der Waals surface area contributed by atoms with Crippen LogP contribution in [0.1, 0.15) is 42.9 Å². The number of nitrogens with one attached hydrogen (secondary N) is 1. The SMILES string of the molecule is N#CCC1CCCC1n1cc(/C(=C/N)c2cc[nH]c2N)cn1. The molecular weight excluding hydrogens is 276 g/mol. The molecule has 22 heavy (non-hydrogen) atoms. The maximum Gasteiger partial charge on any atom is 0.108 e. The van der Waals surface area contributed by atoms with E-state index in [0.717, 1.165) is 36.0 Å². The topological polar surface area (TPSA) is 109 Å². The van der Waals surface area contributed by atoms with Gasteiger partial charge in [0.15, 0.2) is 0 Å². The van der Waals surface area contributed by atoms with Gasteiger partial charge in [0.25, 0.3) is 0 Å². The number of nitrogen functional groups attached to an aromatic ring is 1. The Labute approximate surface area is 129 Å². The monoisotopic (exact) mass is 296 g/mol. The van der Waals surface area contributed by atoms with E-state index in [2.05, 4.69) is 16.2 Å². The number of nitrogens with two attached hydrogens (primary N) is 2. The Kier molecular flexibility index (Phi) is 3.88. The Bertz CT molecular complexity index is 717. The second-order valence-corrected chi connectivity index (χ2v) is 5.71. The van der Waals surface area contributed by atoms with E-state index in [0.29, 0.717) is 24.2 Å². The number of aromatic nitrogens is 3. The molecule has 1 saturated carbocycles. The van der Waals surface area contributed by atoms with Crippen molar-refractivity contribution in [1.29, 1.82) is 5.26 Å². The van der Waals surface area contributed by atoms with Gasteiger partial charge in [-0.3, -0.25) is 4.68 Å². The predicted octanol–water partition coefficient (Wildman–Crippen LogP) is 2.40. The van der Waals surface area contributed by atoms with Gasteiger partial charge >= 0.3 is 0 Å². The molecule has 2 aromatic heterocycles. The van der Waals surface area contributed by atoms with Crippen molar-refractivity contribution < 1.29 is 0 Å². The summed E-state index contributed by atoms with van der Waals surface area (Å²) in [5, 5.41) is 13.5. The molecule has 0 aliphatic heterocycles. The number of nitrogens with zero attached hydrogens (tertiary/aromatic N) is 3. The molecule has 6 nitrogen and oxygen atoms in total. The Morgan fingerprint density at radius 2 is 2.41 bits per heavy atom.